The van der Waals surface area contributed by atoms with Crippen LogP contribution in [-0.2, 0) is 11.0 Å². The van der Waals surface area contributed by atoms with Crippen LogP contribution < -0.4 is 10.6 Å². The maximum atomic E-state index is 12.9. The van der Waals surface area contributed by atoms with Crippen molar-refractivity contribution in [1.82, 2.24) is 19.8 Å². The highest BCUT2D eigenvalue weighted by Crippen LogP contribution is 2.28. The average molecular weight is 451 g/mol. The summed E-state index contributed by atoms with van der Waals surface area (Å²) >= 11 is 9.78. The predicted molar refractivity (Wildman–Crippen MR) is 123 cm³/mol. The van der Waals surface area contributed by atoms with Crippen molar-refractivity contribution in [2.24, 2.45) is 0 Å². The molecule has 2 amide bonds. The Bertz CT molecular complexity index is 522. The summed E-state index contributed by atoms with van der Waals surface area (Å²) in [5.74, 6) is 0.721. The number of carbonyl (C=O) groups is 1. The molecule has 0 aromatic rings. The van der Waals surface area contributed by atoms with Crippen LogP contribution >= 0.6 is 23.8 Å². The van der Waals surface area contributed by atoms with Crippen molar-refractivity contribution in [3.05, 3.63) is 12.8 Å². The van der Waals surface area contributed by atoms with Gasteiger partial charge in [0.15, 0.2) is 5.11 Å². The third-order valence-corrected chi connectivity index (χ3v) is 7.06. The maximum Gasteiger partial charge on any atom is 0.324 e. The van der Waals surface area contributed by atoms with Crippen LogP contribution in [-0.4, -0.2) is 61.9 Å². The van der Waals surface area contributed by atoms with E-state index in [1.165, 1.54) is 31.8 Å². The summed E-state index contributed by atoms with van der Waals surface area (Å²) < 4.78 is 14.3. The first-order valence-corrected chi connectivity index (χ1v) is 12.5. The summed E-state index contributed by atoms with van der Waals surface area (Å²) in [5.41, 5.74) is 0. The highest BCUT2D eigenvalue weighted by molar-refractivity contribution is 7.82. The van der Waals surface area contributed by atoms with E-state index in [9.17, 15) is 9.00 Å². The summed E-state index contributed by atoms with van der Waals surface area (Å²) in [5, 5.41) is 5.84. The number of halogens is 1. The van der Waals surface area contributed by atoms with E-state index in [2.05, 4.69) is 40.0 Å². The van der Waals surface area contributed by atoms with Gasteiger partial charge in [-0.15, -0.1) is 11.6 Å². The molecule has 9 heteroatoms. The molecule has 1 aliphatic heterocycles. The number of carbonyl (C=O) groups excluding carboxylic acids is 1. The zero-order valence-electron chi connectivity index (χ0n) is 17.1. The molecule has 0 spiro atoms. The number of amides is 2. The van der Waals surface area contributed by atoms with Crippen LogP contribution in [0.2, 0.25) is 0 Å². The maximum absolute atomic E-state index is 12.9. The van der Waals surface area contributed by atoms with Crippen molar-refractivity contribution in [1.29, 1.82) is 0 Å². The predicted octanol–water partition coefficient (Wildman–Crippen LogP) is 3.74. The number of hydrogen-bond donors (Lipinski definition) is 2. The summed E-state index contributed by atoms with van der Waals surface area (Å²) in [7, 11) is -0.889. The molecule has 6 nitrogen and oxygen atoms in total. The van der Waals surface area contributed by atoms with Gasteiger partial charge in [0.2, 0.25) is 0 Å². The zero-order valence-corrected chi connectivity index (χ0v) is 19.5. The molecule has 162 valence electrons. The van der Waals surface area contributed by atoms with Gasteiger partial charge in [0.05, 0.1) is 11.0 Å². The van der Waals surface area contributed by atoms with Crippen LogP contribution in [0.1, 0.15) is 58.3 Å². The van der Waals surface area contributed by atoms with E-state index in [1.54, 1.807) is 0 Å². The van der Waals surface area contributed by atoms with Gasteiger partial charge >= 0.3 is 6.03 Å². The minimum absolute atomic E-state index is 0.121. The van der Waals surface area contributed by atoms with Gasteiger partial charge in [-0.3, -0.25) is 5.32 Å². The van der Waals surface area contributed by atoms with Crippen molar-refractivity contribution < 1.29 is 9.00 Å². The molecule has 2 fully saturated rings. The van der Waals surface area contributed by atoms with E-state index in [4.69, 9.17) is 12.2 Å². The van der Waals surface area contributed by atoms with Crippen LogP contribution in [0.25, 0.3) is 0 Å². The molecule has 0 radical (unpaired) electrons. The van der Waals surface area contributed by atoms with E-state index in [0.29, 0.717) is 0 Å². The molecule has 1 saturated heterocycles. The van der Waals surface area contributed by atoms with Crippen LogP contribution in [0.15, 0.2) is 12.8 Å². The fraction of sp³-hybridized carbons (Fsp3) is 0.789. The molecular formula is C19H35ClN4O2S2. The first-order valence-electron chi connectivity index (χ1n) is 10.1. The molecular weight excluding hydrogens is 416 g/mol. The third kappa shape index (κ3) is 7.97. The number of thiocarbonyl (C=S) groups is 1. The van der Waals surface area contributed by atoms with Crippen LogP contribution in [0.3, 0.4) is 0 Å². The lowest BCUT2D eigenvalue weighted by Gasteiger charge is -2.43. The van der Waals surface area contributed by atoms with Gasteiger partial charge in [-0.25, -0.2) is 13.3 Å². The van der Waals surface area contributed by atoms with Gasteiger partial charge in [-0.05, 0) is 50.5 Å². The smallest absolute Gasteiger partial charge is 0.324 e. The van der Waals surface area contributed by atoms with Crippen LogP contribution in [0.5, 0.6) is 0 Å². The van der Waals surface area contributed by atoms with Gasteiger partial charge < -0.3 is 10.2 Å². The number of rotatable bonds is 6. The molecule has 2 aliphatic rings. The Hall–Kier alpha value is -0.700. The minimum Gasteiger partial charge on any atom is -0.340 e. The Balaban J connectivity index is 0.00000190. The van der Waals surface area contributed by atoms with Crippen molar-refractivity contribution in [3.63, 3.8) is 0 Å². The fourth-order valence-electron chi connectivity index (χ4n) is 3.91. The Morgan fingerprint density at radius 2 is 1.79 bits per heavy atom. The molecule has 0 bridgehead atoms. The third-order valence-electron chi connectivity index (χ3n) is 5.14. The Morgan fingerprint density at radius 1 is 1.21 bits per heavy atom. The zero-order chi connectivity index (χ0) is 20.9. The van der Waals surface area contributed by atoms with Gasteiger partial charge in [0.25, 0.3) is 0 Å². The second-order valence-corrected chi connectivity index (χ2v) is 8.97. The molecule has 2 rings (SSSR count). The normalized spacial score (nSPS) is 19.7. The second kappa shape index (κ2) is 14.3. The number of alkyl halides is 1. The quantitative estimate of drug-likeness (QED) is 0.478. The van der Waals surface area contributed by atoms with Crippen LogP contribution in [0, 0.1) is 0 Å². The molecule has 28 heavy (non-hydrogen) atoms. The molecule has 1 saturated carbocycles. The average Bonchev–Trinajstić information content (AvgIpc) is 2.71. The molecule has 1 aliphatic carbocycles. The van der Waals surface area contributed by atoms with Gasteiger partial charge in [0.1, 0.15) is 0 Å². The SMILES string of the molecule is C=CNC(=S)NC(=O)N(C1CCCCC1)C1CCN(S(=O)CCC)CC1.CCl. The molecule has 1 unspecified atom stereocenters. The lowest BCUT2D eigenvalue weighted by molar-refractivity contribution is 0.101. The van der Waals surface area contributed by atoms with E-state index >= 15 is 0 Å². The highest BCUT2D eigenvalue weighted by atomic mass is 35.5. The van der Waals surface area contributed by atoms with Crippen molar-refractivity contribution in [2.75, 3.05) is 25.2 Å². The fourth-order valence-corrected chi connectivity index (χ4v) is 5.30. The first-order chi connectivity index (χ1) is 13.6. The molecule has 2 N–H and O–H groups in total. The number of nitrogens with one attached hydrogen (secondary N) is 2. The van der Waals surface area contributed by atoms with Gasteiger partial charge in [0, 0.05) is 37.3 Å². The standard InChI is InChI=1S/C18H32N4O2S2.CH3Cl/c1-3-14-26(24)21-12-10-16(11-13-21)22(15-8-6-5-7-9-15)18(23)20-17(25)19-4-2;1-2/h4,15-16H,2-3,5-14H2,1H3,(H2,19,20,23,25);1H3. The first kappa shape index (κ1) is 25.3. The van der Waals surface area contributed by atoms with Gasteiger partial charge in [-0.2, -0.15) is 0 Å². The summed E-state index contributed by atoms with van der Waals surface area (Å²) in [4.78, 5) is 14.9. The Morgan fingerprint density at radius 3 is 2.32 bits per heavy atom. The summed E-state index contributed by atoms with van der Waals surface area (Å²) in [6, 6.07) is 0.330. The molecule has 1 heterocycles. The van der Waals surface area contributed by atoms with E-state index in [0.717, 1.165) is 50.9 Å². The number of hydrogen-bond acceptors (Lipinski definition) is 3. The number of nitrogens with zero attached hydrogens (tertiary/aromatic N) is 2. The van der Waals surface area contributed by atoms with Crippen molar-refractivity contribution in [3.8, 4) is 0 Å². The number of urea groups is 1. The summed E-state index contributed by atoms with van der Waals surface area (Å²) in [6.07, 6.45) is 11.3. The Labute approximate surface area is 183 Å². The lowest BCUT2D eigenvalue weighted by atomic mass is 9.91. The Kier molecular flexibility index (Phi) is 12.9. The summed E-state index contributed by atoms with van der Waals surface area (Å²) in [6.45, 7) is 7.19. The largest absolute Gasteiger partial charge is 0.340 e. The molecule has 0 aromatic carbocycles. The van der Waals surface area contributed by atoms with E-state index in [1.807, 2.05) is 4.90 Å². The highest BCUT2D eigenvalue weighted by Gasteiger charge is 2.34. The molecule has 0 aromatic heterocycles. The van der Waals surface area contributed by atoms with Gasteiger partial charge in [-0.1, -0.05) is 32.8 Å². The topological polar surface area (TPSA) is 64.7 Å². The van der Waals surface area contributed by atoms with Crippen molar-refractivity contribution >= 4 is 45.9 Å². The lowest BCUT2D eigenvalue weighted by Crippen LogP contribution is -2.57. The monoisotopic (exact) mass is 450 g/mol. The second-order valence-electron chi connectivity index (χ2n) is 6.99. The minimum atomic E-state index is -0.889. The van der Waals surface area contributed by atoms with E-state index in [-0.39, 0.29) is 23.2 Å². The number of piperidine rings is 1. The molecule has 1 atom stereocenters. The van der Waals surface area contributed by atoms with Crippen molar-refractivity contribution in [2.45, 2.75) is 70.4 Å². The van der Waals surface area contributed by atoms with E-state index < -0.39 is 11.0 Å². The van der Waals surface area contributed by atoms with Crippen LogP contribution in [0.4, 0.5) is 4.79 Å².